The minimum atomic E-state index is -4.58. The fourth-order valence-electron chi connectivity index (χ4n) is 4.18. The highest BCUT2D eigenvalue weighted by Gasteiger charge is 2.35. The molecule has 4 rings (SSSR count). The van der Waals surface area contributed by atoms with Crippen LogP contribution in [0.3, 0.4) is 0 Å². The molecule has 2 fully saturated rings. The summed E-state index contributed by atoms with van der Waals surface area (Å²) in [5.74, 6) is -0.121. The van der Waals surface area contributed by atoms with Crippen molar-refractivity contribution in [3.63, 3.8) is 0 Å². The zero-order valence-corrected chi connectivity index (χ0v) is 18.6. The molecule has 3 N–H and O–H groups in total. The number of rotatable bonds is 8. The number of halogens is 3. The van der Waals surface area contributed by atoms with Gasteiger partial charge in [0, 0.05) is 38.4 Å². The number of piperidine rings is 1. The Morgan fingerprint density at radius 3 is 2.76 bits per heavy atom. The third-order valence-corrected chi connectivity index (χ3v) is 6.01. The zero-order chi connectivity index (χ0) is 23.4. The predicted octanol–water partition coefficient (Wildman–Crippen LogP) is 3.09. The molecule has 2 saturated heterocycles. The largest absolute Gasteiger partial charge is 0.421 e. The van der Waals surface area contributed by atoms with Gasteiger partial charge in [0.1, 0.15) is 11.4 Å². The van der Waals surface area contributed by atoms with E-state index in [4.69, 9.17) is 0 Å². The molecule has 2 aromatic heterocycles. The molecule has 0 unspecified atom stereocenters. The molecular weight excluding hydrogens is 437 g/mol. The molecule has 2 aliphatic rings. The van der Waals surface area contributed by atoms with Gasteiger partial charge in [0.25, 0.3) is 0 Å². The number of aromatic nitrogens is 4. The molecule has 0 atom stereocenters. The highest BCUT2D eigenvalue weighted by atomic mass is 19.4. The molecule has 2 aliphatic heterocycles. The zero-order valence-electron chi connectivity index (χ0n) is 18.6. The molecule has 0 bridgehead atoms. The Hall–Kier alpha value is -2.89. The third kappa shape index (κ3) is 5.73. The van der Waals surface area contributed by atoms with E-state index in [1.165, 1.54) is 0 Å². The fraction of sp³-hybridized carbons (Fsp3) is 0.619. The van der Waals surface area contributed by atoms with E-state index < -0.39 is 11.7 Å². The second-order valence-electron chi connectivity index (χ2n) is 8.43. The van der Waals surface area contributed by atoms with Crippen molar-refractivity contribution in [2.24, 2.45) is 0 Å². The van der Waals surface area contributed by atoms with Gasteiger partial charge in [0.15, 0.2) is 0 Å². The number of anilines is 3. The number of alkyl halides is 3. The van der Waals surface area contributed by atoms with Gasteiger partial charge in [-0.05, 0) is 45.7 Å². The Kier molecular flexibility index (Phi) is 7.01. The van der Waals surface area contributed by atoms with Gasteiger partial charge in [-0.1, -0.05) is 0 Å². The number of aryl methyl sites for hydroxylation is 1. The lowest BCUT2D eigenvalue weighted by molar-refractivity contribution is -0.137. The average molecular weight is 467 g/mol. The van der Waals surface area contributed by atoms with Gasteiger partial charge < -0.3 is 20.9 Å². The summed E-state index contributed by atoms with van der Waals surface area (Å²) in [6, 6.07) is 0.286. The monoisotopic (exact) mass is 466 g/mol. The maximum absolute atomic E-state index is 13.5. The van der Waals surface area contributed by atoms with Gasteiger partial charge in [-0.25, -0.2) is 4.98 Å². The molecule has 1 amide bonds. The topological polar surface area (TPSA) is 100 Å². The molecule has 180 valence electrons. The van der Waals surface area contributed by atoms with Crippen molar-refractivity contribution in [2.75, 3.05) is 43.4 Å². The van der Waals surface area contributed by atoms with Crippen LogP contribution in [0.15, 0.2) is 12.4 Å². The molecule has 12 heteroatoms. The van der Waals surface area contributed by atoms with Crippen molar-refractivity contribution in [1.29, 1.82) is 0 Å². The summed E-state index contributed by atoms with van der Waals surface area (Å²) in [5.41, 5.74) is 0.459. The molecule has 0 aromatic carbocycles. The van der Waals surface area contributed by atoms with Crippen molar-refractivity contribution in [3.8, 4) is 0 Å². The molecule has 0 radical (unpaired) electrons. The van der Waals surface area contributed by atoms with E-state index >= 15 is 0 Å². The highest BCUT2D eigenvalue weighted by Crippen LogP contribution is 2.34. The molecule has 4 heterocycles. The predicted molar refractivity (Wildman–Crippen MR) is 117 cm³/mol. The first-order valence-electron chi connectivity index (χ1n) is 11.3. The van der Waals surface area contributed by atoms with Crippen LogP contribution in [0.4, 0.5) is 30.6 Å². The van der Waals surface area contributed by atoms with Gasteiger partial charge in [0.2, 0.25) is 11.9 Å². The molecule has 2 aromatic rings. The number of nitrogens with one attached hydrogen (secondary N) is 3. The van der Waals surface area contributed by atoms with Crippen molar-refractivity contribution < 1.29 is 18.0 Å². The van der Waals surface area contributed by atoms with Crippen molar-refractivity contribution in [3.05, 3.63) is 23.7 Å². The standard InChI is InChI=1S/C21H29F3N8O/c1-14-17(13-32(30-14)15-5-8-25-9-6-15)28-20-27-12-16(21(22,23)24)19(29-20)26-7-3-11-31-10-2-4-18(31)33/h12-13,15,25H,2-11H2,1H3,(H2,26,27,28,29). The minimum absolute atomic E-state index is 0.0631. The van der Waals surface area contributed by atoms with Crippen LogP contribution in [0.25, 0.3) is 0 Å². The number of likely N-dealkylation sites (tertiary alicyclic amines) is 1. The maximum Gasteiger partial charge on any atom is 0.421 e. The molecular formula is C21H29F3N8O. The van der Waals surface area contributed by atoms with E-state index in [0.29, 0.717) is 31.6 Å². The van der Waals surface area contributed by atoms with Crippen LogP contribution in [-0.2, 0) is 11.0 Å². The number of hydrogen-bond acceptors (Lipinski definition) is 7. The first-order chi connectivity index (χ1) is 15.8. The number of hydrogen-bond donors (Lipinski definition) is 3. The number of carbonyl (C=O) groups is 1. The molecule has 33 heavy (non-hydrogen) atoms. The third-order valence-electron chi connectivity index (χ3n) is 6.01. The van der Waals surface area contributed by atoms with Crippen LogP contribution in [0.1, 0.15) is 49.4 Å². The van der Waals surface area contributed by atoms with Crippen LogP contribution in [0.2, 0.25) is 0 Å². The van der Waals surface area contributed by atoms with Crippen molar-refractivity contribution in [2.45, 2.75) is 51.2 Å². The van der Waals surface area contributed by atoms with Gasteiger partial charge >= 0.3 is 6.18 Å². The Morgan fingerprint density at radius 1 is 1.27 bits per heavy atom. The maximum atomic E-state index is 13.5. The van der Waals surface area contributed by atoms with Gasteiger partial charge in [-0.15, -0.1) is 0 Å². The quantitative estimate of drug-likeness (QED) is 0.514. The minimum Gasteiger partial charge on any atom is -0.369 e. The van der Waals surface area contributed by atoms with E-state index in [0.717, 1.165) is 44.2 Å². The van der Waals surface area contributed by atoms with E-state index in [1.807, 2.05) is 17.8 Å². The molecule has 9 nitrogen and oxygen atoms in total. The molecule has 0 aliphatic carbocycles. The fourth-order valence-corrected chi connectivity index (χ4v) is 4.18. The lowest BCUT2D eigenvalue weighted by Gasteiger charge is -2.22. The van der Waals surface area contributed by atoms with E-state index in [-0.39, 0.29) is 30.3 Å². The van der Waals surface area contributed by atoms with Gasteiger partial charge in [-0.3, -0.25) is 9.48 Å². The summed E-state index contributed by atoms with van der Waals surface area (Å²) in [7, 11) is 0. The highest BCUT2D eigenvalue weighted by molar-refractivity contribution is 5.78. The molecule has 0 spiro atoms. The Morgan fingerprint density at radius 2 is 2.06 bits per heavy atom. The van der Waals surface area contributed by atoms with Crippen LogP contribution in [-0.4, -0.2) is 63.3 Å². The first kappa shape index (κ1) is 23.3. The van der Waals surface area contributed by atoms with Crippen molar-refractivity contribution >= 4 is 23.4 Å². The molecule has 0 saturated carbocycles. The Bertz CT molecular complexity index is 971. The van der Waals surface area contributed by atoms with E-state index in [1.54, 1.807) is 4.90 Å². The Labute approximate surface area is 190 Å². The summed E-state index contributed by atoms with van der Waals surface area (Å²) >= 11 is 0. The average Bonchev–Trinajstić information content (AvgIpc) is 3.36. The second kappa shape index (κ2) is 9.94. The van der Waals surface area contributed by atoms with Crippen LogP contribution < -0.4 is 16.0 Å². The van der Waals surface area contributed by atoms with E-state index in [9.17, 15) is 18.0 Å². The number of nitrogens with zero attached hydrogens (tertiary/aromatic N) is 5. The lowest BCUT2D eigenvalue weighted by Crippen LogP contribution is -2.29. The first-order valence-corrected chi connectivity index (χ1v) is 11.3. The summed E-state index contributed by atoms with van der Waals surface area (Å²) in [4.78, 5) is 21.4. The van der Waals surface area contributed by atoms with E-state index in [2.05, 4.69) is 31.0 Å². The summed E-state index contributed by atoms with van der Waals surface area (Å²) in [6.45, 7) is 5.17. The van der Waals surface area contributed by atoms with Crippen molar-refractivity contribution in [1.82, 2.24) is 30.0 Å². The van der Waals surface area contributed by atoms with Gasteiger partial charge in [-0.2, -0.15) is 23.3 Å². The van der Waals surface area contributed by atoms with Gasteiger partial charge in [0.05, 0.1) is 17.4 Å². The van der Waals surface area contributed by atoms with Crippen LogP contribution in [0, 0.1) is 6.92 Å². The summed E-state index contributed by atoms with van der Waals surface area (Å²) in [5, 5.41) is 13.7. The lowest BCUT2D eigenvalue weighted by atomic mass is 10.1. The smallest absolute Gasteiger partial charge is 0.369 e. The number of amides is 1. The summed E-state index contributed by atoms with van der Waals surface area (Å²) in [6.07, 6.45) is 1.89. The Balaban J connectivity index is 1.44. The number of carbonyl (C=O) groups excluding carboxylic acids is 1. The normalized spacial score (nSPS) is 17.6. The SMILES string of the molecule is Cc1nn(C2CCNCC2)cc1Nc1ncc(C(F)(F)F)c(NCCCN2CCCC2=O)n1. The van der Waals surface area contributed by atoms with Crippen LogP contribution in [0.5, 0.6) is 0 Å². The summed E-state index contributed by atoms with van der Waals surface area (Å²) < 4.78 is 42.3. The van der Waals surface area contributed by atoms with Crippen LogP contribution >= 0.6 is 0 Å². The second-order valence-corrected chi connectivity index (χ2v) is 8.43.